The number of unbranched alkanes of at least 4 members (excludes halogenated alkanes) is 1. The van der Waals surface area contributed by atoms with E-state index >= 15 is 0 Å². The van der Waals surface area contributed by atoms with Gasteiger partial charge >= 0.3 is 0 Å². The lowest BCUT2D eigenvalue weighted by atomic mass is 10.1. The molecule has 0 unspecified atom stereocenters. The molecule has 0 aliphatic carbocycles. The van der Waals surface area contributed by atoms with E-state index in [1.54, 1.807) is 0 Å². The molecule has 1 heterocycles. The predicted molar refractivity (Wildman–Crippen MR) is 228 cm³/mol. The predicted octanol–water partition coefficient (Wildman–Crippen LogP) is 12.8. The molecule has 4 heteroatoms. The van der Waals surface area contributed by atoms with Gasteiger partial charge in [-0.05, 0) is 104 Å². The van der Waals surface area contributed by atoms with Crippen LogP contribution in [0.2, 0.25) is 0 Å². The maximum absolute atomic E-state index is 13.1. The minimum Gasteiger partial charge on any atom is -0.339 e. The van der Waals surface area contributed by atoms with Gasteiger partial charge in [-0.15, -0.1) is 0 Å². The highest BCUT2D eigenvalue weighted by atomic mass is 16.2. The number of carbonyl (C=O) groups is 2. The standard InChI is InChI=1S/C48H72N2O2/c1-5-7-9-11-13-15-17-19-21-23-24-26-28-30-32-34-36-38-40-42-48(52)50-45(3)43-49(44-46(50)4)47(51)41-39-37-35-33-31-29-27-25-22-20-18-16-14-12-10-8-6-2/h7-10,13-16,19-22,24,26-27,29-30,32-33,35-36,38,45-46H,5-6,11-12,17-18,23,25,28,31,34,37,39-44H2,1-4H3/b9-7-,10-8-,15-13-,16-14?,21-19-,22-20?,26-24-,29-27-,32-30-,35-33-,38-36-/t45-,46+. The third kappa shape index (κ3) is 25.9. The summed E-state index contributed by atoms with van der Waals surface area (Å²) < 4.78 is 0. The van der Waals surface area contributed by atoms with Gasteiger partial charge in [0.25, 0.3) is 0 Å². The van der Waals surface area contributed by atoms with Crippen molar-refractivity contribution in [3.8, 4) is 0 Å². The zero-order valence-corrected chi connectivity index (χ0v) is 33.3. The topological polar surface area (TPSA) is 40.6 Å². The van der Waals surface area contributed by atoms with Crippen LogP contribution in [0.5, 0.6) is 0 Å². The van der Waals surface area contributed by atoms with Gasteiger partial charge in [0.1, 0.15) is 0 Å². The number of allylic oxidation sites excluding steroid dienone is 22. The number of amides is 2. The molecule has 2 atom stereocenters. The molecule has 1 aliphatic heterocycles. The van der Waals surface area contributed by atoms with Crippen LogP contribution < -0.4 is 0 Å². The molecule has 1 saturated heterocycles. The molecule has 1 fully saturated rings. The van der Waals surface area contributed by atoms with Gasteiger partial charge < -0.3 is 9.80 Å². The SMILES string of the molecule is CC/C=C\CC=CCC=CC/C=C\C/C=C\CCCC(=O)N1C[C@@H](C)N(C(=O)CC/C=C\C/C=C\C/C=C\C/C=C\C/C=C\C/C=C\CC)[C@@H](C)C1. The Balaban J connectivity index is 2.16. The van der Waals surface area contributed by atoms with Gasteiger partial charge in [-0.3, -0.25) is 9.59 Å². The van der Waals surface area contributed by atoms with Crippen molar-refractivity contribution in [1.82, 2.24) is 9.80 Å². The van der Waals surface area contributed by atoms with E-state index in [1.165, 1.54) is 0 Å². The third-order valence-electron chi connectivity index (χ3n) is 8.60. The molecule has 0 saturated carbocycles. The van der Waals surface area contributed by atoms with E-state index in [2.05, 4.69) is 161 Å². The van der Waals surface area contributed by atoms with E-state index < -0.39 is 0 Å². The summed E-state index contributed by atoms with van der Waals surface area (Å²) in [5.74, 6) is 0.390. The largest absolute Gasteiger partial charge is 0.339 e. The summed E-state index contributed by atoms with van der Waals surface area (Å²) in [6.07, 6.45) is 62.9. The average Bonchev–Trinajstić information content (AvgIpc) is 3.13. The van der Waals surface area contributed by atoms with E-state index in [0.29, 0.717) is 25.9 Å². The number of rotatable bonds is 27. The first-order valence-corrected chi connectivity index (χ1v) is 20.2. The number of hydrogen-bond acceptors (Lipinski definition) is 2. The minimum absolute atomic E-state index is 0.0384. The summed E-state index contributed by atoms with van der Waals surface area (Å²) in [6.45, 7) is 9.70. The monoisotopic (exact) mass is 709 g/mol. The molecule has 52 heavy (non-hydrogen) atoms. The van der Waals surface area contributed by atoms with Crippen LogP contribution in [0.1, 0.15) is 130 Å². The van der Waals surface area contributed by atoms with E-state index in [0.717, 1.165) is 89.9 Å². The van der Waals surface area contributed by atoms with Crippen LogP contribution in [0.25, 0.3) is 0 Å². The maximum atomic E-state index is 13.1. The van der Waals surface area contributed by atoms with Crippen molar-refractivity contribution in [2.45, 2.75) is 143 Å². The first kappa shape index (κ1) is 46.1. The third-order valence-corrected chi connectivity index (χ3v) is 8.60. The van der Waals surface area contributed by atoms with Crippen molar-refractivity contribution in [2.75, 3.05) is 13.1 Å². The lowest BCUT2D eigenvalue weighted by Gasteiger charge is -2.44. The van der Waals surface area contributed by atoms with Crippen molar-refractivity contribution in [1.29, 1.82) is 0 Å². The number of hydrogen-bond donors (Lipinski definition) is 0. The molecule has 1 rings (SSSR count). The minimum atomic E-state index is 0.0384. The average molecular weight is 709 g/mol. The molecule has 0 spiro atoms. The summed E-state index contributed by atoms with van der Waals surface area (Å²) in [7, 11) is 0. The zero-order chi connectivity index (χ0) is 37.7. The molecular weight excluding hydrogens is 637 g/mol. The quantitative estimate of drug-likeness (QED) is 0.0629. The highest BCUT2D eigenvalue weighted by molar-refractivity contribution is 5.79. The molecule has 0 N–H and O–H groups in total. The lowest BCUT2D eigenvalue weighted by Crippen LogP contribution is -2.59. The van der Waals surface area contributed by atoms with E-state index in [4.69, 9.17) is 0 Å². The zero-order valence-electron chi connectivity index (χ0n) is 33.3. The van der Waals surface area contributed by atoms with Gasteiger partial charge in [-0.2, -0.15) is 0 Å². The molecule has 0 aromatic carbocycles. The molecule has 2 amide bonds. The first-order valence-electron chi connectivity index (χ1n) is 20.2. The Hall–Kier alpha value is -3.92. The molecule has 0 aromatic heterocycles. The van der Waals surface area contributed by atoms with Gasteiger partial charge in [-0.1, -0.05) is 148 Å². The Morgan fingerprint density at radius 2 is 0.731 bits per heavy atom. The Morgan fingerprint density at radius 1 is 0.423 bits per heavy atom. The fourth-order valence-electron chi connectivity index (χ4n) is 5.89. The second kappa shape index (κ2) is 34.2. The number of piperazine rings is 1. The Bertz CT molecular complexity index is 1240. The Kier molecular flexibility index (Phi) is 30.3. The van der Waals surface area contributed by atoms with Gasteiger partial charge in [0.15, 0.2) is 0 Å². The summed E-state index contributed by atoms with van der Waals surface area (Å²) in [5, 5.41) is 0. The number of nitrogens with zero attached hydrogens (tertiary/aromatic N) is 2. The normalized spacial score (nSPS) is 17.9. The van der Waals surface area contributed by atoms with Crippen molar-refractivity contribution < 1.29 is 9.59 Å². The van der Waals surface area contributed by atoms with Crippen LogP contribution in [-0.2, 0) is 9.59 Å². The molecule has 4 nitrogen and oxygen atoms in total. The van der Waals surface area contributed by atoms with E-state index in [1.807, 2.05) is 9.80 Å². The highest BCUT2D eigenvalue weighted by Crippen LogP contribution is 2.19. The fourth-order valence-corrected chi connectivity index (χ4v) is 5.89. The van der Waals surface area contributed by atoms with Gasteiger partial charge in [0, 0.05) is 38.0 Å². The molecular formula is C48H72N2O2. The first-order chi connectivity index (χ1) is 25.5. The lowest BCUT2D eigenvalue weighted by molar-refractivity contribution is -0.146. The summed E-state index contributed by atoms with van der Waals surface area (Å²) in [4.78, 5) is 30.0. The molecule has 286 valence electrons. The smallest absolute Gasteiger partial charge is 0.223 e. The summed E-state index contributed by atoms with van der Waals surface area (Å²) in [5.41, 5.74) is 0. The maximum Gasteiger partial charge on any atom is 0.223 e. The second-order valence-electron chi connectivity index (χ2n) is 13.4. The Morgan fingerprint density at radius 3 is 1.08 bits per heavy atom. The van der Waals surface area contributed by atoms with Crippen molar-refractivity contribution in [3.63, 3.8) is 0 Å². The Labute approximate surface area is 319 Å². The van der Waals surface area contributed by atoms with Crippen molar-refractivity contribution in [2.24, 2.45) is 0 Å². The van der Waals surface area contributed by atoms with Crippen LogP contribution in [-0.4, -0.2) is 46.8 Å². The second-order valence-corrected chi connectivity index (χ2v) is 13.4. The van der Waals surface area contributed by atoms with Crippen LogP contribution in [0.4, 0.5) is 0 Å². The molecule has 0 radical (unpaired) electrons. The van der Waals surface area contributed by atoms with Crippen molar-refractivity contribution in [3.05, 3.63) is 134 Å². The van der Waals surface area contributed by atoms with Crippen LogP contribution in [0, 0.1) is 0 Å². The van der Waals surface area contributed by atoms with Crippen LogP contribution in [0.15, 0.2) is 134 Å². The van der Waals surface area contributed by atoms with E-state index in [-0.39, 0.29) is 23.9 Å². The fraction of sp³-hybridized carbons (Fsp3) is 0.500. The van der Waals surface area contributed by atoms with Gasteiger partial charge in [-0.25, -0.2) is 0 Å². The molecule has 0 bridgehead atoms. The van der Waals surface area contributed by atoms with Crippen molar-refractivity contribution >= 4 is 11.8 Å². The van der Waals surface area contributed by atoms with E-state index in [9.17, 15) is 9.59 Å². The molecule has 0 aromatic rings. The van der Waals surface area contributed by atoms with Gasteiger partial charge in [0.2, 0.25) is 11.8 Å². The highest BCUT2D eigenvalue weighted by Gasteiger charge is 2.33. The number of carbonyl (C=O) groups excluding carboxylic acids is 2. The summed E-state index contributed by atoms with van der Waals surface area (Å²) >= 11 is 0. The summed E-state index contributed by atoms with van der Waals surface area (Å²) in [6, 6.07) is 0.0767. The van der Waals surface area contributed by atoms with Gasteiger partial charge in [0.05, 0.1) is 0 Å². The van der Waals surface area contributed by atoms with Crippen LogP contribution >= 0.6 is 0 Å². The molecule has 1 aliphatic rings. The van der Waals surface area contributed by atoms with Crippen LogP contribution in [0.3, 0.4) is 0 Å².